The third-order valence-corrected chi connectivity index (χ3v) is 3.83. The predicted molar refractivity (Wildman–Crippen MR) is 92.2 cm³/mol. The number of hydrogen-bond acceptors (Lipinski definition) is 4. The van der Waals surface area contributed by atoms with Crippen LogP contribution in [0.4, 0.5) is 5.69 Å². The van der Waals surface area contributed by atoms with E-state index in [4.69, 9.17) is 38.4 Å². The van der Waals surface area contributed by atoms with E-state index in [-0.39, 0.29) is 6.61 Å². The van der Waals surface area contributed by atoms with Crippen LogP contribution in [0.5, 0.6) is 5.75 Å². The molecule has 2 rings (SSSR count). The van der Waals surface area contributed by atoms with Gasteiger partial charge in [0.1, 0.15) is 12.4 Å². The molecule has 0 fully saturated rings. The Labute approximate surface area is 145 Å². The van der Waals surface area contributed by atoms with Crippen molar-refractivity contribution in [3.63, 3.8) is 0 Å². The molecule has 23 heavy (non-hydrogen) atoms. The zero-order valence-corrected chi connectivity index (χ0v) is 14.2. The van der Waals surface area contributed by atoms with Gasteiger partial charge in [-0.25, -0.2) is 4.79 Å². The number of carbonyl (C=O) groups excluding carboxylic acids is 1. The molecule has 2 aromatic rings. The average molecular weight is 354 g/mol. The summed E-state index contributed by atoms with van der Waals surface area (Å²) in [4.78, 5) is 11.9. The third-order valence-electron chi connectivity index (χ3n) is 3.12. The fourth-order valence-corrected chi connectivity index (χ4v) is 2.39. The van der Waals surface area contributed by atoms with Gasteiger partial charge >= 0.3 is 5.97 Å². The average Bonchev–Trinajstić information content (AvgIpc) is 2.53. The number of anilines is 1. The molecule has 0 saturated heterocycles. The molecule has 0 heterocycles. The van der Waals surface area contributed by atoms with Crippen LogP contribution in [0.3, 0.4) is 0 Å². The van der Waals surface area contributed by atoms with Gasteiger partial charge in [0.2, 0.25) is 0 Å². The number of nitrogens with two attached hydrogens (primary N) is 1. The van der Waals surface area contributed by atoms with Crippen LogP contribution in [0.25, 0.3) is 0 Å². The maximum absolute atomic E-state index is 11.9. The summed E-state index contributed by atoms with van der Waals surface area (Å²) in [5.74, 6) is -0.0283. The van der Waals surface area contributed by atoms with Crippen molar-refractivity contribution in [2.45, 2.75) is 20.0 Å². The van der Waals surface area contributed by atoms with Crippen LogP contribution < -0.4 is 10.5 Å². The van der Waals surface area contributed by atoms with Crippen LogP contribution in [-0.4, -0.2) is 12.6 Å². The summed E-state index contributed by atoms with van der Waals surface area (Å²) in [7, 11) is 0. The lowest BCUT2D eigenvalue weighted by Crippen LogP contribution is -2.07. The van der Waals surface area contributed by atoms with Gasteiger partial charge in [-0.3, -0.25) is 0 Å². The number of rotatable bonds is 6. The Morgan fingerprint density at radius 2 is 1.87 bits per heavy atom. The largest absolute Gasteiger partial charge is 0.487 e. The van der Waals surface area contributed by atoms with E-state index in [2.05, 4.69) is 0 Å². The van der Waals surface area contributed by atoms with Crippen molar-refractivity contribution in [1.29, 1.82) is 0 Å². The van der Waals surface area contributed by atoms with E-state index in [1.807, 2.05) is 6.92 Å². The van der Waals surface area contributed by atoms with Crippen LogP contribution in [-0.2, 0) is 11.3 Å². The van der Waals surface area contributed by atoms with E-state index in [1.165, 1.54) is 0 Å². The quantitative estimate of drug-likeness (QED) is 0.602. The molecule has 0 aliphatic rings. The van der Waals surface area contributed by atoms with E-state index in [9.17, 15) is 4.79 Å². The van der Waals surface area contributed by atoms with Crippen molar-refractivity contribution in [3.8, 4) is 5.75 Å². The highest BCUT2D eigenvalue weighted by Crippen LogP contribution is 2.28. The Morgan fingerprint density at radius 3 is 2.52 bits per heavy atom. The third kappa shape index (κ3) is 4.53. The van der Waals surface area contributed by atoms with Gasteiger partial charge in [-0.2, -0.15) is 0 Å². The summed E-state index contributed by atoms with van der Waals surface area (Å²) < 4.78 is 10.8. The number of nitrogen functional groups attached to an aromatic ring is 1. The second-order valence-corrected chi connectivity index (χ2v) is 5.69. The Balaban J connectivity index is 2.15. The first-order valence-corrected chi connectivity index (χ1v) is 7.91. The van der Waals surface area contributed by atoms with E-state index in [1.54, 1.807) is 36.4 Å². The van der Waals surface area contributed by atoms with Gasteiger partial charge in [-0.05, 0) is 36.8 Å². The van der Waals surface area contributed by atoms with Gasteiger partial charge in [0.25, 0.3) is 0 Å². The summed E-state index contributed by atoms with van der Waals surface area (Å²) in [5.41, 5.74) is 7.35. The van der Waals surface area contributed by atoms with Crippen molar-refractivity contribution >= 4 is 34.9 Å². The molecule has 4 nitrogen and oxygen atoms in total. The second kappa shape index (κ2) is 8.09. The molecule has 0 unspecified atom stereocenters. The summed E-state index contributed by atoms with van der Waals surface area (Å²) in [5, 5.41) is 1.02. The highest BCUT2D eigenvalue weighted by atomic mass is 35.5. The number of esters is 1. The smallest absolute Gasteiger partial charge is 0.338 e. The Hall–Kier alpha value is -1.91. The maximum Gasteiger partial charge on any atom is 0.338 e. The highest BCUT2D eigenvalue weighted by Gasteiger charge is 2.12. The first-order chi connectivity index (χ1) is 11.0. The molecular formula is C17H17Cl2NO3. The molecule has 0 spiro atoms. The monoisotopic (exact) mass is 353 g/mol. The van der Waals surface area contributed by atoms with Gasteiger partial charge in [-0.15, -0.1) is 0 Å². The normalized spacial score (nSPS) is 10.4. The summed E-state index contributed by atoms with van der Waals surface area (Å²) >= 11 is 12.2. The molecule has 0 saturated carbocycles. The molecule has 0 radical (unpaired) electrons. The number of carbonyl (C=O) groups is 1. The van der Waals surface area contributed by atoms with E-state index >= 15 is 0 Å². The van der Waals surface area contributed by atoms with Crippen LogP contribution in [0, 0.1) is 0 Å². The Kier molecular flexibility index (Phi) is 6.13. The highest BCUT2D eigenvalue weighted by molar-refractivity contribution is 6.35. The molecule has 0 aliphatic carbocycles. The lowest BCUT2D eigenvalue weighted by Gasteiger charge is -2.12. The standard InChI is InChI=1S/C17H17Cl2NO3/c1-2-8-22-17(21)11-6-7-15(20)16(9-11)23-10-12-13(18)4-3-5-14(12)19/h3-7,9H,2,8,10,20H2,1H3. The van der Waals surface area contributed by atoms with Gasteiger partial charge in [0.05, 0.1) is 17.9 Å². The Bertz CT molecular complexity index is 684. The van der Waals surface area contributed by atoms with Crippen LogP contribution in [0.1, 0.15) is 29.3 Å². The van der Waals surface area contributed by atoms with Crippen molar-refractivity contribution in [1.82, 2.24) is 0 Å². The number of ether oxygens (including phenoxy) is 2. The molecule has 0 amide bonds. The predicted octanol–water partition coefficient (Wildman–Crippen LogP) is 4.72. The molecule has 0 aliphatic heterocycles. The number of halogens is 2. The molecule has 0 aromatic heterocycles. The molecule has 6 heteroatoms. The van der Waals surface area contributed by atoms with Crippen molar-refractivity contribution in [3.05, 3.63) is 57.6 Å². The molecule has 0 bridgehead atoms. The van der Waals surface area contributed by atoms with Crippen LogP contribution in [0.15, 0.2) is 36.4 Å². The zero-order valence-electron chi connectivity index (χ0n) is 12.6. The lowest BCUT2D eigenvalue weighted by atomic mass is 10.2. The van der Waals surface area contributed by atoms with Crippen molar-refractivity contribution < 1.29 is 14.3 Å². The first kappa shape index (κ1) is 17.4. The summed E-state index contributed by atoms with van der Waals surface area (Å²) in [6.07, 6.45) is 0.759. The minimum absolute atomic E-state index is 0.149. The zero-order chi connectivity index (χ0) is 16.8. The van der Waals surface area contributed by atoms with E-state index in [0.717, 1.165) is 6.42 Å². The summed E-state index contributed by atoms with van der Waals surface area (Å²) in [6, 6.07) is 9.97. The molecule has 2 aromatic carbocycles. The van der Waals surface area contributed by atoms with Crippen LogP contribution in [0.2, 0.25) is 10.0 Å². The van der Waals surface area contributed by atoms with E-state index in [0.29, 0.717) is 39.2 Å². The minimum Gasteiger partial charge on any atom is -0.487 e. The van der Waals surface area contributed by atoms with E-state index < -0.39 is 5.97 Å². The molecule has 122 valence electrons. The fourth-order valence-electron chi connectivity index (χ4n) is 1.88. The van der Waals surface area contributed by atoms with Crippen LogP contribution >= 0.6 is 23.2 Å². The Morgan fingerprint density at radius 1 is 1.17 bits per heavy atom. The van der Waals surface area contributed by atoms with Gasteiger partial charge in [-0.1, -0.05) is 36.2 Å². The van der Waals surface area contributed by atoms with Gasteiger partial charge < -0.3 is 15.2 Å². The van der Waals surface area contributed by atoms with Crippen molar-refractivity contribution in [2.75, 3.05) is 12.3 Å². The number of benzene rings is 2. The number of hydrogen-bond donors (Lipinski definition) is 1. The summed E-state index contributed by atoms with van der Waals surface area (Å²) in [6.45, 7) is 2.45. The molecule has 0 atom stereocenters. The van der Waals surface area contributed by atoms with Crippen molar-refractivity contribution in [2.24, 2.45) is 0 Å². The van der Waals surface area contributed by atoms with Gasteiger partial charge in [0.15, 0.2) is 0 Å². The lowest BCUT2D eigenvalue weighted by molar-refractivity contribution is 0.0504. The minimum atomic E-state index is -0.410. The topological polar surface area (TPSA) is 61.5 Å². The molecule has 2 N–H and O–H groups in total. The first-order valence-electron chi connectivity index (χ1n) is 7.15. The fraction of sp³-hybridized carbons (Fsp3) is 0.235. The second-order valence-electron chi connectivity index (χ2n) is 4.88. The maximum atomic E-state index is 11.9. The SMILES string of the molecule is CCCOC(=O)c1ccc(N)c(OCc2c(Cl)cccc2Cl)c1. The molecular weight excluding hydrogens is 337 g/mol. The van der Waals surface area contributed by atoms with Gasteiger partial charge in [0, 0.05) is 15.6 Å².